The Labute approximate surface area is 353 Å². The van der Waals surface area contributed by atoms with Crippen LogP contribution in [0, 0.1) is 17.9 Å². The SMILES string of the molecule is [C-]#[N+]c1c(-c2ccccc2)c(-n2c3ccccc3c3cc4c(cc32)oc2ccccc24)c(-c2ccccc2)c(C#N)c1-n1c2ccccc2c2cc3c(cc21)oc1ccccc13. The van der Waals surface area contributed by atoms with E-state index in [-0.39, 0.29) is 0 Å². The lowest BCUT2D eigenvalue weighted by Crippen LogP contribution is -2.08. The van der Waals surface area contributed by atoms with Crippen LogP contribution in [-0.4, -0.2) is 9.13 Å². The van der Waals surface area contributed by atoms with Crippen molar-refractivity contribution in [2.24, 2.45) is 0 Å². The quantitative estimate of drug-likeness (QED) is 0.167. The van der Waals surface area contributed by atoms with Gasteiger partial charge in [0.2, 0.25) is 5.69 Å². The molecule has 0 unspecified atom stereocenters. The fraction of sp³-hybridized carbons (Fsp3) is 0. The average Bonchev–Trinajstić information content (AvgIpc) is 4.06. The van der Waals surface area contributed by atoms with E-state index >= 15 is 0 Å². The summed E-state index contributed by atoms with van der Waals surface area (Å²) in [5, 5.41) is 20.1. The summed E-state index contributed by atoms with van der Waals surface area (Å²) in [6.45, 7) is 9.22. The molecule has 0 amide bonds. The van der Waals surface area contributed by atoms with Gasteiger partial charge in [-0.2, -0.15) is 5.26 Å². The lowest BCUT2D eigenvalue weighted by atomic mass is 9.88. The minimum atomic E-state index is 0.366. The third kappa shape index (κ3) is 4.61. The standard InChI is InChI=1S/C56H30N4O2/c1-58-54-53(34-18-6-3-7-19-34)56(60-45-25-13-9-21-36(45)40-29-42-38-23-11-15-27-49(38)62-51(42)31-47(40)60)52(33-16-4-2-5-17-33)43(32-57)55(54)59-44-24-12-8-20-35(44)39-28-41-37-22-10-14-26-48(37)61-50(41)30-46(39)59/h2-31H. The molecule has 62 heavy (non-hydrogen) atoms. The zero-order chi connectivity index (χ0) is 41.1. The monoisotopic (exact) mass is 790 g/mol. The van der Waals surface area contributed by atoms with Gasteiger partial charge < -0.3 is 18.0 Å². The van der Waals surface area contributed by atoms with Gasteiger partial charge in [-0.1, -0.05) is 133 Å². The Balaban J connectivity index is 1.26. The molecule has 0 saturated heterocycles. The summed E-state index contributed by atoms with van der Waals surface area (Å²) in [6, 6.07) is 64.5. The fourth-order valence-corrected chi connectivity index (χ4v) is 9.99. The second-order valence-electron chi connectivity index (χ2n) is 15.8. The molecule has 4 heterocycles. The number of benzene rings is 9. The molecule has 9 aromatic carbocycles. The molecular weight excluding hydrogens is 761 g/mol. The van der Waals surface area contributed by atoms with Crippen molar-refractivity contribution < 1.29 is 8.83 Å². The van der Waals surface area contributed by atoms with Gasteiger partial charge in [-0.15, -0.1) is 0 Å². The number of aromatic nitrogens is 2. The summed E-state index contributed by atoms with van der Waals surface area (Å²) in [4.78, 5) is 4.49. The predicted octanol–water partition coefficient (Wildman–Crippen LogP) is 15.4. The molecule has 13 rings (SSSR count). The highest BCUT2D eigenvalue weighted by molar-refractivity contribution is 6.20. The molecule has 13 aromatic rings. The largest absolute Gasteiger partial charge is 0.456 e. The molecule has 6 nitrogen and oxygen atoms in total. The number of para-hydroxylation sites is 4. The summed E-state index contributed by atoms with van der Waals surface area (Å²) in [5.74, 6) is 0. The van der Waals surface area contributed by atoms with Crippen molar-refractivity contribution in [2.75, 3.05) is 0 Å². The first kappa shape index (κ1) is 34.1. The second-order valence-corrected chi connectivity index (χ2v) is 15.8. The highest BCUT2D eigenvalue weighted by atomic mass is 16.3. The molecule has 0 fully saturated rings. The summed E-state index contributed by atoms with van der Waals surface area (Å²) >= 11 is 0. The zero-order valence-corrected chi connectivity index (χ0v) is 32.9. The van der Waals surface area contributed by atoms with Crippen LogP contribution >= 0.6 is 0 Å². The van der Waals surface area contributed by atoms with Gasteiger partial charge in [-0.25, -0.2) is 4.85 Å². The lowest BCUT2D eigenvalue weighted by Gasteiger charge is -2.25. The molecule has 0 aliphatic rings. The molecular formula is C56H30N4O2. The molecule has 0 bridgehead atoms. The fourth-order valence-electron chi connectivity index (χ4n) is 9.99. The Morgan fingerprint density at radius 2 is 0.839 bits per heavy atom. The second kappa shape index (κ2) is 12.8. The van der Waals surface area contributed by atoms with E-state index in [1.54, 1.807) is 0 Å². The van der Waals surface area contributed by atoms with E-state index in [0.29, 0.717) is 16.9 Å². The van der Waals surface area contributed by atoms with Gasteiger partial charge in [0.15, 0.2) is 0 Å². The van der Waals surface area contributed by atoms with Gasteiger partial charge in [0.1, 0.15) is 28.4 Å². The van der Waals surface area contributed by atoms with Crippen molar-refractivity contribution in [3.8, 4) is 39.7 Å². The Kier molecular flexibility index (Phi) is 7.05. The maximum Gasteiger partial charge on any atom is 0.221 e. The van der Waals surface area contributed by atoms with Gasteiger partial charge >= 0.3 is 0 Å². The van der Waals surface area contributed by atoms with Gasteiger partial charge in [0.05, 0.1) is 45.6 Å². The third-order valence-corrected chi connectivity index (χ3v) is 12.6. The van der Waals surface area contributed by atoms with E-state index in [9.17, 15) is 11.8 Å². The number of hydrogen-bond donors (Lipinski definition) is 0. The maximum atomic E-state index is 11.8. The van der Waals surface area contributed by atoms with Crippen LogP contribution in [-0.2, 0) is 0 Å². The summed E-state index contributed by atoms with van der Waals surface area (Å²) in [5.41, 5.74) is 11.9. The molecule has 4 aromatic heterocycles. The van der Waals surface area contributed by atoms with Crippen LogP contribution < -0.4 is 0 Å². The number of hydrogen-bond acceptors (Lipinski definition) is 3. The minimum Gasteiger partial charge on any atom is -0.456 e. The first-order valence-electron chi connectivity index (χ1n) is 20.5. The van der Waals surface area contributed by atoms with E-state index in [2.05, 4.69) is 111 Å². The van der Waals surface area contributed by atoms with Crippen LogP contribution in [0.25, 0.3) is 126 Å². The van der Waals surface area contributed by atoms with Crippen LogP contribution in [0.1, 0.15) is 5.56 Å². The number of nitriles is 1. The van der Waals surface area contributed by atoms with Crippen molar-refractivity contribution in [1.82, 2.24) is 9.13 Å². The molecule has 0 radical (unpaired) electrons. The zero-order valence-electron chi connectivity index (χ0n) is 32.9. The molecule has 286 valence electrons. The highest BCUT2D eigenvalue weighted by Gasteiger charge is 2.32. The normalized spacial score (nSPS) is 11.8. The molecule has 0 aliphatic carbocycles. The summed E-state index contributed by atoms with van der Waals surface area (Å²) in [6.07, 6.45) is 0. The van der Waals surface area contributed by atoms with E-state index in [4.69, 9.17) is 8.83 Å². The van der Waals surface area contributed by atoms with Crippen LogP contribution in [0.3, 0.4) is 0 Å². The smallest absolute Gasteiger partial charge is 0.221 e. The third-order valence-electron chi connectivity index (χ3n) is 12.6. The molecule has 0 atom stereocenters. The maximum absolute atomic E-state index is 11.8. The molecule has 0 saturated carbocycles. The Morgan fingerprint density at radius 1 is 0.403 bits per heavy atom. The minimum absolute atomic E-state index is 0.366. The Morgan fingerprint density at radius 3 is 1.34 bits per heavy atom. The van der Waals surface area contributed by atoms with Gasteiger partial charge in [0.25, 0.3) is 0 Å². The van der Waals surface area contributed by atoms with Gasteiger partial charge in [-0.05, 0) is 47.5 Å². The lowest BCUT2D eigenvalue weighted by molar-refractivity contribution is 0.669. The molecule has 0 aliphatic heterocycles. The first-order chi connectivity index (χ1) is 30.7. The Hall–Kier alpha value is -8.84. The predicted molar refractivity (Wildman–Crippen MR) is 252 cm³/mol. The summed E-state index contributed by atoms with van der Waals surface area (Å²) < 4.78 is 17.4. The Bertz CT molecular complexity index is 4040. The topological polar surface area (TPSA) is 64.3 Å². The number of nitrogens with zero attached hydrogens (tertiary/aromatic N) is 4. The van der Waals surface area contributed by atoms with Crippen molar-refractivity contribution in [1.29, 1.82) is 5.26 Å². The molecule has 0 N–H and O–H groups in total. The van der Waals surface area contributed by atoms with Crippen molar-refractivity contribution in [3.05, 3.63) is 199 Å². The first-order valence-corrected chi connectivity index (χ1v) is 20.5. The van der Waals surface area contributed by atoms with Gasteiger partial charge in [0, 0.05) is 66.3 Å². The van der Waals surface area contributed by atoms with E-state index in [0.717, 1.165) is 115 Å². The molecule has 0 spiro atoms. The van der Waals surface area contributed by atoms with Crippen molar-refractivity contribution in [3.63, 3.8) is 0 Å². The van der Waals surface area contributed by atoms with E-state index in [1.807, 2.05) is 91.0 Å². The van der Waals surface area contributed by atoms with Crippen molar-refractivity contribution >= 4 is 93.2 Å². The number of fused-ring (bicyclic) bond motifs is 12. The van der Waals surface area contributed by atoms with Crippen LogP contribution in [0.15, 0.2) is 191 Å². The number of rotatable bonds is 4. The highest BCUT2D eigenvalue weighted by Crippen LogP contribution is 2.53. The summed E-state index contributed by atoms with van der Waals surface area (Å²) in [7, 11) is 0. The van der Waals surface area contributed by atoms with Crippen molar-refractivity contribution in [2.45, 2.75) is 0 Å². The van der Waals surface area contributed by atoms with Gasteiger partial charge in [-0.3, -0.25) is 0 Å². The number of furan rings is 2. The van der Waals surface area contributed by atoms with Crippen LogP contribution in [0.5, 0.6) is 0 Å². The van der Waals surface area contributed by atoms with E-state index < -0.39 is 0 Å². The van der Waals surface area contributed by atoms with E-state index in [1.165, 1.54) is 0 Å². The average molecular weight is 791 g/mol. The molecule has 6 heteroatoms. The van der Waals surface area contributed by atoms with Crippen LogP contribution in [0.4, 0.5) is 5.69 Å². The van der Waals surface area contributed by atoms with Crippen LogP contribution in [0.2, 0.25) is 0 Å².